The molecule has 2 aliphatic rings. The predicted octanol–water partition coefficient (Wildman–Crippen LogP) is 1.06. The van der Waals surface area contributed by atoms with Crippen molar-refractivity contribution in [2.24, 2.45) is 0 Å². The van der Waals surface area contributed by atoms with Crippen LogP contribution in [-0.4, -0.2) is 59.3 Å². The van der Waals surface area contributed by atoms with E-state index in [1.54, 1.807) is 0 Å². The van der Waals surface area contributed by atoms with Crippen LogP contribution in [-0.2, 0) is 9.53 Å². The fraction of sp³-hybridized carbons (Fsp3) is 0.909. The molecule has 0 amide bonds. The summed E-state index contributed by atoms with van der Waals surface area (Å²) >= 11 is 2.00. The monoisotopic (exact) mass is 245 g/mol. The van der Waals surface area contributed by atoms with E-state index < -0.39 is 12.1 Å². The van der Waals surface area contributed by atoms with Crippen LogP contribution in [0.4, 0.5) is 0 Å². The molecular weight excluding hydrogens is 226 g/mol. The third-order valence-corrected chi connectivity index (χ3v) is 4.55. The SMILES string of the molecule is CN(CC1CCC(C(=O)O)O1)C1CCSC1. The molecule has 92 valence electrons. The van der Waals surface area contributed by atoms with E-state index in [9.17, 15) is 4.79 Å². The van der Waals surface area contributed by atoms with Gasteiger partial charge < -0.3 is 9.84 Å². The third-order valence-electron chi connectivity index (χ3n) is 3.40. The van der Waals surface area contributed by atoms with Crippen LogP contribution in [0.25, 0.3) is 0 Å². The summed E-state index contributed by atoms with van der Waals surface area (Å²) in [5, 5.41) is 8.83. The minimum atomic E-state index is -0.818. The lowest BCUT2D eigenvalue weighted by Gasteiger charge is -2.26. The van der Waals surface area contributed by atoms with Gasteiger partial charge in [0.2, 0.25) is 0 Å². The minimum Gasteiger partial charge on any atom is -0.479 e. The predicted molar refractivity (Wildman–Crippen MR) is 63.9 cm³/mol. The highest BCUT2D eigenvalue weighted by atomic mass is 32.2. The van der Waals surface area contributed by atoms with Gasteiger partial charge >= 0.3 is 5.97 Å². The first-order valence-corrected chi connectivity index (χ1v) is 6.98. The average molecular weight is 245 g/mol. The van der Waals surface area contributed by atoms with Crippen molar-refractivity contribution in [3.63, 3.8) is 0 Å². The Bertz CT molecular complexity index is 256. The van der Waals surface area contributed by atoms with Gasteiger partial charge in [-0.1, -0.05) is 0 Å². The molecule has 4 nitrogen and oxygen atoms in total. The zero-order valence-electron chi connectivity index (χ0n) is 9.59. The molecular formula is C11H19NO3S. The van der Waals surface area contributed by atoms with Crippen molar-refractivity contribution in [1.29, 1.82) is 0 Å². The number of carbonyl (C=O) groups is 1. The van der Waals surface area contributed by atoms with Crippen molar-refractivity contribution in [3.8, 4) is 0 Å². The third kappa shape index (κ3) is 2.90. The van der Waals surface area contributed by atoms with Crippen LogP contribution in [0.2, 0.25) is 0 Å². The van der Waals surface area contributed by atoms with Crippen LogP contribution in [0.15, 0.2) is 0 Å². The molecule has 0 aromatic carbocycles. The molecule has 3 atom stereocenters. The van der Waals surface area contributed by atoms with E-state index in [0.29, 0.717) is 12.5 Å². The summed E-state index contributed by atoms with van der Waals surface area (Å²) < 4.78 is 5.51. The number of rotatable bonds is 4. The Morgan fingerprint density at radius 1 is 1.50 bits per heavy atom. The summed E-state index contributed by atoms with van der Waals surface area (Å²) in [6, 6.07) is 0.650. The van der Waals surface area contributed by atoms with Gasteiger partial charge in [-0.05, 0) is 32.1 Å². The normalized spacial score (nSPS) is 34.8. The first-order chi connectivity index (χ1) is 7.66. The molecule has 1 N–H and O–H groups in total. The van der Waals surface area contributed by atoms with Gasteiger partial charge in [0.1, 0.15) is 0 Å². The van der Waals surface area contributed by atoms with E-state index in [1.807, 2.05) is 11.8 Å². The second-order valence-corrected chi connectivity index (χ2v) is 5.77. The molecule has 2 fully saturated rings. The lowest BCUT2D eigenvalue weighted by atomic mass is 10.1. The number of hydrogen-bond acceptors (Lipinski definition) is 4. The summed E-state index contributed by atoms with van der Waals surface area (Å²) in [5.74, 6) is 1.63. The molecule has 0 aromatic rings. The van der Waals surface area contributed by atoms with E-state index in [-0.39, 0.29) is 6.10 Å². The smallest absolute Gasteiger partial charge is 0.332 e. The van der Waals surface area contributed by atoms with Gasteiger partial charge in [-0.15, -0.1) is 0 Å². The molecule has 2 rings (SSSR count). The van der Waals surface area contributed by atoms with Crippen molar-refractivity contribution in [1.82, 2.24) is 4.90 Å². The van der Waals surface area contributed by atoms with Gasteiger partial charge in [0.15, 0.2) is 6.10 Å². The first kappa shape index (κ1) is 12.2. The molecule has 16 heavy (non-hydrogen) atoms. The van der Waals surface area contributed by atoms with E-state index >= 15 is 0 Å². The summed E-state index contributed by atoms with van der Waals surface area (Å²) in [4.78, 5) is 13.1. The summed E-state index contributed by atoms with van der Waals surface area (Å²) in [6.45, 7) is 0.870. The number of aliphatic carboxylic acids is 1. The molecule has 0 bridgehead atoms. The van der Waals surface area contributed by atoms with Crippen LogP contribution < -0.4 is 0 Å². The van der Waals surface area contributed by atoms with E-state index in [4.69, 9.17) is 9.84 Å². The fourth-order valence-corrected chi connectivity index (χ4v) is 3.66. The average Bonchev–Trinajstić information content (AvgIpc) is 2.87. The Kier molecular flexibility index (Phi) is 4.10. The highest BCUT2D eigenvalue weighted by Gasteiger charge is 2.32. The van der Waals surface area contributed by atoms with Crippen LogP contribution in [0, 0.1) is 0 Å². The number of ether oxygens (including phenoxy) is 1. The van der Waals surface area contributed by atoms with Crippen LogP contribution in [0.3, 0.4) is 0 Å². The van der Waals surface area contributed by atoms with Gasteiger partial charge in [0.25, 0.3) is 0 Å². The van der Waals surface area contributed by atoms with Crippen molar-refractivity contribution in [3.05, 3.63) is 0 Å². The first-order valence-electron chi connectivity index (χ1n) is 5.83. The Morgan fingerprint density at radius 2 is 2.31 bits per heavy atom. The van der Waals surface area contributed by atoms with Gasteiger partial charge in [-0.25, -0.2) is 4.79 Å². The zero-order valence-corrected chi connectivity index (χ0v) is 10.4. The standard InChI is InChI=1S/C11H19NO3S/c1-12(8-4-5-16-7-8)6-9-2-3-10(15-9)11(13)14/h8-10H,2-7H2,1H3,(H,13,14). The topological polar surface area (TPSA) is 49.8 Å². The number of carboxylic acid groups (broad SMARTS) is 1. The minimum absolute atomic E-state index is 0.108. The summed E-state index contributed by atoms with van der Waals surface area (Å²) in [7, 11) is 2.12. The lowest BCUT2D eigenvalue weighted by Crippen LogP contribution is -2.38. The number of hydrogen-bond donors (Lipinski definition) is 1. The van der Waals surface area contributed by atoms with E-state index in [0.717, 1.165) is 13.0 Å². The summed E-state index contributed by atoms with van der Waals surface area (Å²) in [5.41, 5.74) is 0. The van der Waals surface area contributed by atoms with Crippen LogP contribution in [0.1, 0.15) is 19.3 Å². The molecule has 5 heteroatoms. The Hall–Kier alpha value is -0.260. The maximum atomic E-state index is 10.7. The molecule has 2 saturated heterocycles. The second kappa shape index (κ2) is 5.38. The molecule has 3 unspecified atom stereocenters. The lowest BCUT2D eigenvalue weighted by molar-refractivity contribution is -0.149. The van der Waals surface area contributed by atoms with Crippen molar-refractivity contribution >= 4 is 17.7 Å². The number of carboxylic acids is 1. The Balaban J connectivity index is 1.75. The molecule has 0 radical (unpaired) electrons. The molecule has 0 saturated carbocycles. The van der Waals surface area contributed by atoms with Crippen LogP contribution in [0.5, 0.6) is 0 Å². The molecule has 0 aliphatic carbocycles. The van der Waals surface area contributed by atoms with Crippen LogP contribution >= 0.6 is 11.8 Å². The van der Waals surface area contributed by atoms with Crippen molar-refractivity contribution in [2.45, 2.75) is 37.5 Å². The highest BCUT2D eigenvalue weighted by Crippen LogP contribution is 2.25. The Morgan fingerprint density at radius 3 is 2.88 bits per heavy atom. The quantitative estimate of drug-likeness (QED) is 0.802. The highest BCUT2D eigenvalue weighted by molar-refractivity contribution is 7.99. The van der Waals surface area contributed by atoms with Gasteiger partial charge in [-0.2, -0.15) is 11.8 Å². The second-order valence-electron chi connectivity index (χ2n) is 4.62. The van der Waals surface area contributed by atoms with Gasteiger partial charge in [0.05, 0.1) is 6.10 Å². The molecule has 2 heterocycles. The zero-order chi connectivity index (χ0) is 11.5. The van der Waals surface area contributed by atoms with Crippen molar-refractivity contribution in [2.75, 3.05) is 25.1 Å². The Labute approximate surface area is 100 Å². The molecule has 2 aliphatic heterocycles. The molecule has 0 aromatic heterocycles. The maximum Gasteiger partial charge on any atom is 0.332 e. The number of thioether (sulfide) groups is 1. The van der Waals surface area contributed by atoms with E-state index in [2.05, 4.69) is 11.9 Å². The summed E-state index contributed by atoms with van der Waals surface area (Å²) in [6.07, 6.45) is 2.32. The van der Waals surface area contributed by atoms with E-state index in [1.165, 1.54) is 17.9 Å². The maximum absolute atomic E-state index is 10.7. The van der Waals surface area contributed by atoms with Gasteiger partial charge in [0, 0.05) is 18.3 Å². The number of likely N-dealkylation sites (N-methyl/N-ethyl adjacent to an activating group) is 1. The molecule has 0 spiro atoms. The largest absolute Gasteiger partial charge is 0.479 e. The fourth-order valence-electron chi connectivity index (χ4n) is 2.36. The number of nitrogens with zero attached hydrogens (tertiary/aromatic N) is 1. The van der Waals surface area contributed by atoms with Gasteiger partial charge in [-0.3, -0.25) is 4.90 Å². The van der Waals surface area contributed by atoms with Crippen molar-refractivity contribution < 1.29 is 14.6 Å².